The fraction of sp³-hybridized carbons (Fsp3) is 0.923. The quantitative estimate of drug-likeness (QED) is 0.766. The molecular formula is C13H24N2O2. The number of aliphatic hydroxyl groups excluding tert-OH is 1. The molecule has 2 amide bonds. The highest BCUT2D eigenvalue weighted by molar-refractivity contribution is 5.74. The number of rotatable bonds is 5. The van der Waals surface area contributed by atoms with Gasteiger partial charge in [-0.15, -0.1) is 0 Å². The molecule has 2 aliphatic rings. The molecule has 2 N–H and O–H groups in total. The Morgan fingerprint density at radius 1 is 1.35 bits per heavy atom. The second-order valence-electron chi connectivity index (χ2n) is 5.71. The van der Waals surface area contributed by atoms with Crippen molar-refractivity contribution in [3.05, 3.63) is 0 Å². The highest BCUT2D eigenvalue weighted by Crippen LogP contribution is 2.33. The van der Waals surface area contributed by atoms with Crippen molar-refractivity contribution < 1.29 is 9.90 Å². The second kappa shape index (κ2) is 5.25. The van der Waals surface area contributed by atoms with Crippen LogP contribution in [0, 0.1) is 11.8 Å². The van der Waals surface area contributed by atoms with Gasteiger partial charge in [0.15, 0.2) is 0 Å². The summed E-state index contributed by atoms with van der Waals surface area (Å²) >= 11 is 0. The topological polar surface area (TPSA) is 52.6 Å². The van der Waals surface area contributed by atoms with Crippen LogP contribution in [0.1, 0.15) is 39.0 Å². The van der Waals surface area contributed by atoms with Crippen LogP contribution in [0.15, 0.2) is 0 Å². The average Bonchev–Trinajstić information content (AvgIpc) is 2.96. The fourth-order valence-electron chi connectivity index (χ4n) is 2.36. The van der Waals surface area contributed by atoms with Crippen molar-refractivity contribution >= 4 is 6.03 Å². The number of carbonyl (C=O) groups excluding carboxylic acids is 1. The number of likely N-dealkylation sites (N-methyl/N-ethyl adjacent to an activating group) is 1. The predicted molar refractivity (Wildman–Crippen MR) is 66.7 cm³/mol. The van der Waals surface area contributed by atoms with Gasteiger partial charge in [0.05, 0.1) is 6.10 Å². The standard InChI is InChI=1S/C13H24N2O2/c1-9(10-4-3-5-10)14-13(17)15(2)8-12(16)11-6-7-11/h9-12,16H,3-8H2,1-2H3,(H,14,17). The normalized spacial score (nSPS) is 23.7. The van der Waals surface area contributed by atoms with E-state index in [1.54, 1.807) is 11.9 Å². The molecule has 2 saturated carbocycles. The van der Waals surface area contributed by atoms with Crippen molar-refractivity contribution in [2.75, 3.05) is 13.6 Å². The van der Waals surface area contributed by atoms with Crippen LogP contribution in [0.4, 0.5) is 4.79 Å². The zero-order chi connectivity index (χ0) is 12.4. The Morgan fingerprint density at radius 3 is 2.47 bits per heavy atom. The van der Waals surface area contributed by atoms with Gasteiger partial charge < -0.3 is 15.3 Å². The molecule has 0 aromatic carbocycles. The maximum Gasteiger partial charge on any atom is 0.317 e. The van der Waals surface area contributed by atoms with E-state index in [2.05, 4.69) is 12.2 Å². The number of nitrogens with zero attached hydrogens (tertiary/aromatic N) is 1. The molecule has 0 aromatic rings. The first-order valence-electron chi connectivity index (χ1n) is 6.77. The van der Waals surface area contributed by atoms with E-state index in [4.69, 9.17) is 0 Å². The third kappa shape index (κ3) is 3.35. The molecule has 0 aliphatic heterocycles. The highest BCUT2D eigenvalue weighted by atomic mass is 16.3. The van der Waals surface area contributed by atoms with Crippen molar-refractivity contribution in [3.8, 4) is 0 Å². The predicted octanol–water partition coefficient (Wildman–Crippen LogP) is 1.59. The minimum absolute atomic E-state index is 0.0518. The monoisotopic (exact) mass is 240 g/mol. The summed E-state index contributed by atoms with van der Waals surface area (Å²) in [4.78, 5) is 13.5. The number of aliphatic hydroxyl groups is 1. The number of hydrogen-bond donors (Lipinski definition) is 2. The van der Waals surface area contributed by atoms with Crippen LogP contribution in [-0.4, -0.2) is 41.8 Å². The summed E-state index contributed by atoms with van der Waals surface area (Å²) in [6.45, 7) is 2.53. The van der Waals surface area contributed by atoms with Gasteiger partial charge in [0.1, 0.15) is 0 Å². The molecule has 2 rings (SSSR count). The van der Waals surface area contributed by atoms with Gasteiger partial charge in [0.25, 0.3) is 0 Å². The number of carbonyl (C=O) groups is 1. The summed E-state index contributed by atoms with van der Waals surface area (Å²) in [5, 5.41) is 12.8. The van der Waals surface area contributed by atoms with E-state index >= 15 is 0 Å². The van der Waals surface area contributed by atoms with Gasteiger partial charge in [-0.2, -0.15) is 0 Å². The van der Waals surface area contributed by atoms with Gasteiger partial charge in [-0.05, 0) is 44.4 Å². The highest BCUT2D eigenvalue weighted by Gasteiger charge is 2.32. The Morgan fingerprint density at radius 2 is 2.00 bits per heavy atom. The molecule has 0 radical (unpaired) electrons. The van der Waals surface area contributed by atoms with Crippen molar-refractivity contribution in [2.45, 2.75) is 51.2 Å². The summed E-state index contributed by atoms with van der Waals surface area (Å²) < 4.78 is 0. The van der Waals surface area contributed by atoms with E-state index in [-0.39, 0.29) is 18.2 Å². The summed E-state index contributed by atoms with van der Waals surface area (Å²) in [6, 6.07) is 0.209. The molecule has 0 heterocycles. The minimum Gasteiger partial charge on any atom is -0.391 e. The van der Waals surface area contributed by atoms with Crippen LogP contribution in [0.5, 0.6) is 0 Å². The van der Waals surface area contributed by atoms with E-state index < -0.39 is 0 Å². The van der Waals surface area contributed by atoms with Gasteiger partial charge in [-0.3, -0.25) is 0 Å². The Bertz CT molecular complexity index is 275. The van der Waals surface area contributed by atoms with Crippen molar-refractivity contribution in [1.29, 1.82) is 0 Å². The van der Waals surface area contributed by atoms with E-state index in [1.807, 2.05) is 0 Å². The number of amides is 2. The molecular weight excluding hydrogens is 216 g/mol. The molecule has 0 aromatic heterocycles. The minimum atomic E-state index is -0.343. The van der Waals surface area contributed by atoms with Gasteiger partial charge in [0.2, 0.25) is 0 Å². The number of hydrogen-bond acceptors (Lipinski definition) is 2. The lowest BCUT2D eigenvalue weighted by Crippen LogP contribution is -2.48. The van der Waals surface area contributed by atoms with Crippen LogP contribution in [0.2, 0.25) is 0 Å². The van der Waals surface area contributed by atoms with Crippen LogP contribution in [0.25, 0.3) is 0 Å². The first kappa shape index (κ1) is 12.7. The molecule has 0 saturated heterocycles. The Kier molecular flexibility index (Phi) is 3.92. The van der Waals surface area contributed by atoms with Crippen molar-refractivity contribution in [1.82, 2.24) is 10.2 Å². The molecule has 2 unspecified atom stereocenters. The second-order valence-corrected chi connectivity index (χ2v) is 5.71. The van der Waals surface area contributed by atoms with Crippen LogP contribution >= 0.6 is 0 Å². The lowest BCUT2D eigenvalue weighted by molar-refractivity contribution is 0.110. The molecule has 4 nitrogen and oxygen atoms in total. The van der Waals surface area contributed by atoms with Gasteiger partial charge >= 0.3 is 6.03 Å². The largest absolute Gasteiger partial charge is 0.391 e. The summed E-state index contributed by atoms with van der Waals surface area (Å²) in [5.41, 5.74) is 0. The van der Waals surface area contributed by atoms with E-state index in [0.29, 0.717) is 18.4 Å². The zero-order valence-electron chi connectivity index (χ0n) is 10.9. The number of nitrogens with one attached hydrogen (secondary N) is 1. The van der Waals surface area contributed by atoms with E-state index in [9.17, 15) is 9.90 Å². The molecule has 2 aliphatic carbocycles. The molecule has 0 bridgehead atoms. The molecule has 17 heavy (non-hydrogen) atoms. The maximum atomic E-state index is 11.9. The van der Waals surface area contributed by atoms with Gasteiger partial charge in [-0.25, -0.2) is 4.79 Å². The van der Waals surface area contributed by atoms with Crippen LogP contribution in [-0.2, 0) is 0 Å². The van der Waals surface area contributed by atoms with Crippen molar-refractivity contribution in [2.24, 2.45) is 11.8 Å². The average molecular weight is 240 g/mol. The molecule has 98 valence electrons. The first-order chi connectivity index (χ1) is 8.08. The molecule has 2 fully saturated rings. The Balaban J connectivity index is 1.69. The Labute approximate surface area is 103 Å². The Hall–Kier alpha value is -0.770. The molecule has 2 atom stereocenters. The zero-order valence-corrected chi connectivity index (χ0v) is 10.9. The summed E-state index contributed by atoms with van der Waals surface area (Å²) in [7, 11) is 1.76. The molecule has 4 heteroatoms. The van der Waals surface area contributed by atoms with E-state index in [0.717, 1.165) is 12.8 Å². The number of urea groups is 1. The lowest BCUT2D eigenvalue weighted by atomic mass is 9.80. The van der Waals surface area contributed by atoms with Crippen molar-refractivity contribution in [3.63, 3.8) is 0 Å². The molecule has 0 spiro atoms. The van der Waals surface area contributed by atoms with E-state index in [1.165, 1.54) is 19.3 Å². The van der Waals surface area contributed by atoms with Gasteiger partial charge in [0, 0.05) is 19.6 Å². The third-order valence-electron chi connectivity index (χ3n) is 4.18. The summed E-state index contributed by atoms with van der Waals surface area (Å²) in [6.07, 6.45) is 5.63. The third-order valence-corrected chi connectivity index (χ3v) is 4.18. The SMILES string of the molecule is CC(NC(=O)N(C)CC(O)C1CC1)C1CCC1. The summed E-state index contributed by atoms with van der Waals surface area (Å²) in [5.74, 6) is 1.08. The van der Waals surface area contributed by atoms with Crippen LogP contribution < -0.4 is 5.32 Å². The smallest absolute Gasteiger partial charge is 0.317 e. The lowest BCUT2D eigenvalue weighted by Gasteiger charge is -2.33. The fourth-order valence-corrected chi connectivity index (χ4v) is 2.36. The maximum absolute atomic E-state index is 11.9. The van der Waals surface area contributed by atoms with Gasteiger partial charge in [-0.1, -0.05) is 6.42 Å². The van der Waals surface area contributed by atoms with Crippen LogP contribution in [0.3, 0.4) is 0 Å². The first-order valence-corrected chi connectivity index (χ1v) is 6.77.